The largest absolute Gasteiger partial charge is 0.380 e. The van der Waals surface area contributed by atoms with Gasteiger partial charge < -0.3 is 15.4 Å². The van der Waals surface area contributed by atoms with E-state index in [2.05, 4.69) is 64.2 Å². The summed E-state index contributed by atoms with van der Waals surface area (Å²) in [6.45, 7) is 2.26. The molecule has 24 heavy (non-hydrogen) atoms. The molecule has 5 heteroatoms. The van der Waals surface area contributed by atoms with Crippen molar-refractivity contribution in [1.82, 2.24) is 10.6 Å². The number of nitrogens with zero attached hydrogens (tertiary/aromatic N) is 1. The molecule has 0 saturated carbocycles. The molecule has 2 aromatic carbocycles. The number of nitrogens with one attached hydrogen (secondary N) is 2. The molecule has 2 N–H and O–H groups in total. The van der Waals surface area contributed by atoms with E-state index in [0.29, 0.717) is 6.61 Å². The Hall–Kier alpha value is -1.60. The molecule has 0 unspecified atom stereocenters. The Bertz CT molecular complexity index is 600. The highest BCUT2D eigenvalue weighted by Crippen LogP contribution is 2.05. The zero-order valence-corrected chi connectivity index (χ0v) is 16.6. The minimum Gasteiger partial charge on any atom is -0.380 e. The van der Waals surface area contributed by atoms with Gasteiger partial charge in [0, 0.05) is 27.2 Å². The minimum atomic E-state index is 0. The van der Waals surface area contributed by atoms with E-state index in [1.165, 1.54) is 16.7 Å². The number of aliphatic imine (C=N–C) groups is 1. The Morgan fingerprint density at radius 1 is 0.917 bits per heavy atom. The van der Waals surface area contributed by atoms with Gasteiger partial charge in [-0.05, 0) is 23.1 Å². The number of halogens is 1. The number of rotatable bonds is 7. The predicted molar refractivity (Wildman–Crippen MR) is 111 cm³/mol. The monoisotopic (exact) mass is 439 g/mol. The topological polar surface area (TPSA) is 45.7 Å². The van der Waals surface area contributed by atoms with Crippen LogP contribution in [0.15, 0.2) is 59.6 Å². The average Bonchev–Trinajstić information content (AvgIpc) is 2.60. The second-order valence-electron chi connectivity index (χ2n) is 5.34. The molecule has 2 rings (SSSR count). The van der Waals surface area contributed by atoms with Crippen molar-refractivity contribution in [1.29, 1.82) is 0 Å². The lowest BCUT2D eigenvalue weighted by Crippen LogP contribution is -2.37. The van der Waals surface area contributed by atoms with Crippen LogP contribution in [0.25, 0.3) is 0 Å². The summed E-state index contributed by atoms with van der Waals surface area (Å²) in [5.74, 6) is 0.821. The fourth-order valence-electron chi connectivity index (χ4n) is 2.30. The molecule has 0 saturated heterocycles. The third-order valence-electron chi connectivity index (χ3n) is 3.57. The SMILES string of the molecule is CN=C(NCCc1ccccc1)NCc1ccc(COC)cc1.I. The molecule has 4 nitrogen and oxygen atoms in total. The van der Waals surface area contributed by atoms with Crippen LogP contribution < -0.4 is 10.6 Å². The highest BCUT2D eigenvalue weighted by atomic mass is 127. The average molecular weight is 439 g/mol. The van der Waals surface area contributed by atoms with Gasteiger partial charge in [0.05, 0.1) is 6.61 Å². The normalized spacial score (nSPS) is 10.8. The van der Waals surface area contributed by atoms with Crippen LogP contribution in [0.4, 0.5) is 0 Å². The van der Waals surface area contributed by atoms with Crippen molar-refractivity contribution < 1.29 is 4.74 Å². The molecular weight excluding hydrogens is 413 g/mol. The first-order valence-electron chi connectivity index (χ1n) is 7.87. The van der Waals surface area contributed by atoms with Gasteiger partial charge in [0.15, 0.2) is 5.96 Å². The van der Waals surface area contributed by atoms with Crippen molar-refractivity contribution in [3.8, 4) is 0 Å². The van der Waals surface area contributed by atoms with Gasteiger partial charge in [-0.3, -0.25) is 4.99 Å². The van der Waals surface area contributed by atoms with Gasteiger partial charge in [-0.1, -0.05) is 54.6 Å². The van der Waals surface area contributed by atoms with Crippen LogP contribution in [0, 0.1) is 0 Å². The van der Waals surface area contributed by atoms with E-state index in [1.807, 2.05) is 6.07 Å². The molecule has 0 spiro atoms. The van der Waals surface area contributed by atoms with Crippen molar-refractivity contribution in [3.05, 3.63) is 71.3 Å². The smallest absolute Gasteiger partial charge is 0.191 e. The summed E-state index contributed by atoms with van der Waals surface area (Å²) in [4.78, 5) is 4.26. The van der Waals surface area contributed by atoms with Crippen molar-refractivity contribution in [2.45, 2.75) is 19.6 Å². The summed E-state index contributed by atoms with van der Waals surface area (Å²) in [7, 11) is 3.50. The maximum absolute atomic E-state index is 5.12. The van der Waals surface area contributed by atoms with Gasteiger partial charge in [0.2, 0.25) is 0 Å². The second-order valence-corrected chi connectivity index (χ2v) is 5.34. The molecule has 0 radical (unpaired) electrons. The van der Waals surface area contributed by atoms with E-state index < -0.39 is 0 Å². The van der Waals surface area contributed by atoms with E-state index in [-0.39, 0.29) is 24.0 Å². The van der Waals surface area contributed by atoms with Crippen LogP contribution in [0.5, 0.6) is 0 Å². The van der Waals surface area contributed by atoms with E-state index >= 15 is 0 Å². The van der Waals surface area contributed by atoms with Crippen LogP contribution in [0.3, 0.4) is 0 Å². The Morgan fingerprint density at radius 2 is 1.58 bits per heavy atom. The van der Waals surface area contributed by atoms with Gasteiger partial charge in [-0.2, -0.15) is 0 Å². The first kappa shape index (κ1) is 20.4. The van der Waals surface area contributed by atoms with Gasteiger partial charge in [0.25, 0.3) is 0 Å². The van der Waals surface area contributed by atoms with Crippen molar-refractivity contribution >= 4 is 29.9 Å². The first-order chi connectivity index (χ1) is 11.3. The molecule has 2 aromatic rings. The second kappa shape index (κ2) is 11.9. The molecule has 0 aliphatic carbocycles. The number of benzene rings is 2. The molecule has 0 atom stereocenters. The fourth-order valence-corrected chi connectivity index (χ4v) is 2.30. The van der Waals surface area contributed by atoms with Crippen molar-refractivity contribution in [2.75, 3.05) is 20.7 Å². The zero-order chi connectivity index (χ0) is 16.3. The third kappa shape index (κ3) is 7.31. The number of hydrogen-bond donors (Lipinski definition) is 2. The van der Waals surface area contributed by atoms with Crippen LogP contribution in [0.1, 0.15) is 16.7 Å². The maximum Gasteiger partial charge on any atom is 0.191 e. The lowest BCUT2D eigenvalue weighted by molar-refractivity contribution is 0.185. The Labute approximate surface area is 161 Å². The fraction of sp³-hybridized carbons (Fsp3) is 0.316. The molecule has 0 aliphatic heterocycles. The maximum atomic E-state index is 5.12. The number of ether oxygens (including phenoxy) is 1. The summed E-state index contributed by atoms with van der Waals surface area (Å²) < 4.78 is 5.12. The lowest BCUT2D eigenvalue weighted by atomic mass is 10.1. The third-order valence-corrected chi connectivity index (χ3v) is 3.57. The lowest BCUT2D eigenvalue weighted by Gasteiger charge is -2.12. The van der Waals surface area contributed by atoms with Crippen LogP contribution in [0.2, 0.25) is 0 Å². The van der Waals surface area contributed by atoms with E-state index in [0.717, 1.165) is 25.5 Å². The molecule has 0 fully saturated rings. The van der Waals surface area contributed by atoms with E-state index in [1.54, 1.807) is 14.2 Å². The van der Waals surface area contributed by atoms with Gasteiger partial charge in [-0.25, -0.2) is 0 Å². The van der Waals surface area contributed by atoms with Crippen LogP contribution >= 0.6 is 24.0 Å². The van der Waals surface area contributed by atoms with Crippen LogP contribution in [-0.4, -0.2) is 26.7 Å². The van der Waals surface area contributed by atoms with Gasteiger partial charge >= 0.3 is 0 Å². The standard InChI is InChI=1S/C19H25N3O.HI/c1-20-19(21-13-12-16-6-4-3-5-7-16)22-14-17-8-10-18(11-9-17)15-23-2;/h3-11H,12-15H2,1-2H3,(H2,20,21,22);1H. The molecular formula is C19H26IN3O. The predicted octanol–water partition coefficient (Wildman–Crippen LogP) is 3.36. The molecule has 0 aromatic heterocycles. The van der Waals surface area contributed by atoms with Crippen LogP contribution in [-0.2, 0) is 24.3 Å². The van der Waals surface area contributed by atoms with E-state index in [4.69, 9.17) is 4.74 Å². The molecule has 0 bridgehead atoms. The molecule has 0 aliphatic rings. The Kier molecular flexibility index (Phi) is 10.1. The summed E-state index contributed by atoms with van der Waals surface area (Å²) in [6.07, 6.45) is 0.979. The minimum absolute atomic E-state index is 0. The van der Waals surface area contributed by atoms with Crippen molar-refractivity contribution in [2.24, 2.45) is 4.99 Å². The summed E-state index contributed by atoms with van der Waals surface area (Å²) in [5.41, 5.74) is 3.72. The highest BCUT2D eigenvalue weighted by Gasteiger charge is 1.99. The highest BCUT2D eigenvalue weighted by molar-refractivity contribution is 14.0. The van der Waals surface area contributed by atoms with Gasteiger partial charge in [0.1, 0.15) is 0 Å². The Morgan fingerprint density at radius 3 is 2.21 bits per heavy atom. The zero-order valence-electron chi connectivity index (χ0n) is 14.3. The van der Waals surface area contributed by atoms with E-state index in [9.17, 15) is 0 Å². The molecule has 0 amide bonds. The number of guanidine groups is 1. The van der Waals surface area contributed by atoms with Gasteiger partial charge in [-0.15, -0.1) is 24.0 Å². The quantitative estimate of drug-likeness (QED) is 0.395. The number of methoxy groups -OCH3 is 1. The first-order valence-corrected chi connectivity index (χ1v) is 7.87. The Balaban J connectivity index is 0.00000288. The molecule has 130 valence electrons. The van der Waals surface area contributed by atoms with Crippen molar-refractivity contribution in [3.63, 3.8) is 0 Å². The summed E-state index contributed by atoms with van der Waals surface area (Å²) in [6, 6.07) is 18.8. The number of hydrogen-bond acceptors (Lipinski definition) is 2. The molecule has 0 heterocycles. The summed E-state index contributed by atoms with van der Waals surface area (Å²) >= 11 is 0. The summed E-state index contributed by atoms with van der Waals surface area (Å²) in [5, 5.41) is 6.67.